The molecule has 1 fully saturated rings. The second-order valence-corrected chi connectivity index (χ2v) is 6.57. The van der Waals surface area contributed by atoms with Gasteiger partial charge in [-0.3, -0.25) is 13.8 Å². The summed E-state index contributed by atoms with van der Waals surface area (Å²) in [5.41, 5.74) is -0.882. The molecule has 6 heteroatoms. The third kappa shape index (κ3) is 2.86. The van der Waals surface area contributed by atoms with Gasteiger partial charge >= 0.3 is 0 Å². The first-order valence-corrected chi connectivity index (χ1v) is 7.34. The molecule has 0 aromatic carbocycles. The van der Waals surface area contributed by atoms with E-state index in [1.807, 2.05) is 6.92 Å². The molecular weight excluding hydrogens is 240 g/mol. The minimum Gasteiger partial charge on any atom is -0.340 e. The van der Waals surface area contributed by atoms with Gasteiger partial charge in [0.15, 0.2) is 0 Å². The Morgan fingerprint density at radius 1 is 1.47 bits per heavy atom. The Morgan fingerprint density at radius 3 is 2.47 bits per heavy atom. The SMILES string of the molecule is CC(CS(C)=O)N1C(=O)C(C)(C)NC(=O)C1C. The standard InChI is InChI=1S/C11H20N2O3S/c1-7(6-17(5)16)13-8(2)9(14)12-11(3,4)10(13)15/h7-8H,6H2,1-5H3,(H,12,14). The van der Waals surface area contributed by atoms with E-state index in [0.717, 1.165) is 0 Å². The predicted molar refractivity (Wildman–Crippen MR) is 66.9 cm³/mol. The van der Waals surface area contributed by atoms with E-state index in [0.29, 0.717) is 5.75 Å². The number of carbonyl (C=O) groups is 2. The van der Waals surface area contributed by atoms with Gasteiger partial charge in [0, 0.05) is 28.9 Å². The molecule has 1 aliphatic rings. The van der Waals surface area contributed by atoms with Crippen LogP contribution in [-0.4, -0.2) is 50.6 Å². The van der Waals surface area contributed by atoms with Crippen LogP contribution in [0, 0.1) is 0 Å². The summed E-state index contributed by atoms with van der Waals surface area (Å²) in [5.74, 6) is 0.102. The quantitative estimate of drug-likeness (QED) is 0.769. The summed E-state index contributed by atoms with van der Waals surface area (Å²) in [6.45, 7) is 6.88. The van der Waals surface area contributed by atoms with Crippen LogP contribution in [0.15, 0.2) is 0 Å². The van der Waals surface area contributed by atoms with E-state index in [9.17, 15) is 13.8 Å². The zero-order valence-electron chi connectivity index (χ0n) is 10.9. The Balaban J connectivity index is 2.97. The Hall–Kier alpha value is -0.910. The molecule has 0 spiro atoms. The van der Waals surface area contributed by atoms with Crippen LogP contribution in [-0.2, 0) is 20.4 Å². The average molecular weight is 260 g/mol. The van der Waals surface area contributed by atoms with Crippen LogP contribution in [0.2, 0.25) is 0 Å². The molecule has 1 N–H and O–H groups in total. The second kappa shape index (κ2) is 4.76. The average Bonchev–Trinajstić information content (AvgIpc) is 2.13. The van der Waals surface area contributed by atoms with Gasteiger partial charge in [-0.25, -0.2) is 0 Å². The fourth-order valence-electron chi connectivity index (χ4n) is 2.09. The van der Waals surface area contributed by atoms with Crippen molar-refractivity contribution < 1.29 is 13.8 Å². The molecule has 1 saturated heterocycles. The van der Waals surface area contributed by atoms with Gasteiger partial charge in [0.1, 0.15) is 11.6 Å². The lowest BCUT2D eigenvalue weighted by molar-refractivity contribution is -0.154. The normalized spacial score (nSPS) is 27.6. The summed E-state index contributed by atoms with van der Waals surface area (Å²) in [6.07, 6.45) is 1.60. The van der Waals surface area contributed by atoms with Crippen molar-refractivity contribution in [3.63, 3.8) is 0 Å². The van der Waals surface area contributed by atoms with Crippen molar-refractivity contribution in [3.05, 3.63) is 0 Å². The van der Waals surface area contributed by atoms with E-state index in [1.165, 1.54) is 0 Å². The van der Waals surface area contributed by atoms with Gasteiger partial charge in [-0.15, -0.1) is 0 Å². The highest BCUT2D eigenvalue weighted by Gasteiger charge is 2.45. The molecule has 17 heavy (non-hydrogen) atoms. The van der Waals surface area contributed by atoms with Crippen molar-refractivity contribution in [2.75, 3.05) is 12.0 Å². The minimum absolute atomic E-state index is 0.123. The molecule has 1 heterocycles. The molecule has 3 unspecified atom stereocenters. The predicted octanol–water partition coefficient (Wildman–Crippen LogP) is -0.121. The van der Waals surface area contributed by atoms with E-state index in [2.05, 4.69) is 5.32 Å². The molecule has 1 aliphatic heterocycles. The number of rotatable bonds is 3. The Kier molecular flexibility index (Phi) is 3.96. The van der Waals surface area contributed by atoms with Crippen molar-refractivity contribution in [1.29, 1.82) is 0 Å². The molecule has 5 nitrogen and oxygen atoms in total. The number of hydrogen-bond donors (Lipinski definition) is 1. The van der Waals surface area contributed by atoms with Crippen LogP contribution in [0.5, 0.6) is 0 Å². The lowest BCUT2D eigenvalue weighted by atomic mass is 9.96. The van der Waals surface area contributed by atoms with Gasteiger partial charge in [0.05, 0.1) is 0 Å². The Bertz CT molecular complexity index is 368. The number of carbonyl (C=O) groups excluding carboxylic acids is 2. The fourth-order valence-corrected chi connectivity index (χ4v) is 2.93. The maximum absolute atomic E-state index is 12.2. The van der Waals surface area contributed by atoms with Gasteiger partial charge in [-0.05, 0) is 27.7 Å². The summed E-state index contributed by atoms with van der Waals surface area (Å²) in [5, 5.41) is 2.69. The smallest absolute Gasteiger partial charge is 0.248 e. The number of hydrogen-bond acceptors (Lipinski definition) is 3. The maximum atomic E-state index is 12.2. The van der Waals surface area contributed by atoms with Crippen molar-refractivity contribution in [2.45, 2.75) is 45.3 Å². The van der Waals surface area contributed by atoms with E-state index >= 15 is 0 Å². The summed E-state index contributed by atoms with van der Waals surface area (Å²) in [7, 11) is -0.989. The van der Waals surface area contributed by atoms with Crippen molar-refractivity contribution in [1.82, 2.24) is 10.2 Å². The monoisotopic (exact) mass is 260 g/mol. The van der Waals surface area contributed by atoms with Gasteiger partial charge in [-0.2, -0.15) is 0 Å². The van der Waals surface area contributed by atoms with E-state index < -0.39 is 22.4 Å². The van der Waals surface area contributed by atoms with Gasteiger partial charge in [-0.1, -0.05) is 0 Å². The van der Waals surface area contributed by atoms with Gasteiger partial charge in [0.25, 0.3) is 0 Å². The third-order valence-electron chi connectivity index (χ3n) is 2.95. The van der Waals surface area contributed by atoms with Gasteiger partial charge < -0.3 is 10.2 Å². The van der Waals surface area contributed by atoms with Crippen molar-refractivity contribution >= 4 is 22.6 Å². The van der Waals surface area contributed by atoms with E-state index in [1.54, 1.807) is 31.9 Å². The molecular formula is C11H20N2O3S. The zero-order valence-corrected chi connectivity index (χ0v) is 11.8. The van der Waals surface area contributed by atoms with Crippen molar-refractivity contribution in [2.24, 2.45) is 0 Å². The molecule has 2 amide bonds. The van der Waals surface area contributed by atoms with E-state index in [4.69, 9.17) is 0 Å². The van der Waals surface area contributed by atoms with Crippen LogP contribution in [0.4, 0.5) is 0 Å². The second-order valence-electron chi connectivity index (χ2n) is 5.09. The first-order valence-electron chi connectivity index (χ1n) is 5.61. The largest absolute Gasteiger partial charge is 0.340 e. The summed E-state index contributed by atoms with van der Waals surface area (Å²) >= 11 is 0. The van der Waals surface area contributed by atoms with E-state index in [-0.39, 0.29) is 17.9 Å². The molecule has 0 saturated carbocycles. The molecule has 0 aromatic rings. The van der Waals surface area contributed by atoms with Gasteiger partial charge in [0.2, 0.25) is 11.8 Å². The highest BCUT2D eigenvalue weighted by atomic mass is 32.2. The summed E-state index contributed by atoms with van der Waals surface area (Å²) in [4.78, 5) is 25.6. The van der Waals surface area contributed by atoms with Crippen molar-refractivity contribution in [3.8, 4) is 0 Å². The minimum atomic E-state index is -0.989. The molecule has 3 atom stereocenters. The number of amides is 2. The molecule has 0 aliphatic carbocycles. The molecule has 0 radical (unpaired) electrons. The fraction of sp³-hybridized carbons (Fsp3) is 0.818. The number of nitrogens with zero attached hydrogens (tertiary/aromatic N) is 1. The lowest BCUT2D eigenvalue weighted by Gasteiger charge is -2.44. The van der Waals surface area contributed by atoms with Crippen LogP contribution in [0.25, 0.3) is 0 Å². The summed E-state index contributed by atoms with van der Waals surface area (Å²) in [6, 6.07) is -0.706. The molecule has 98 valence electrons. The highest BCUT2D eigenvalue weighted by molar-refractivity contribution is 7.84. The first kappa shape index (κ1) is 14.2. The Labute approximate surface area is 104 Å². The zero-order chi connectivity index (χ0) is 13.4. The number of piperazine rings is 1. The molecule has 1 rings (SSSR count). The lowest BCUT2D eigenvalue weighted by Crippen LogP contribution is -2.69. The first-order chi connectivity index (χ1) is 7.66. The van der Waals surface area contributed by atoms with Crippen LogP contribution in [0.3, 0.4) is 0 Å². The maximum Gasteiger partial charge on any atom is 0.248 e. The van der Waals surface area contributed by atoms with Crippen LogP contribution in [0.1, 0.15) is 27.7 Å². The number of nitrogens with one attached hydrogen (secondary N) is 1. The van der Waals surface area contributed by atoms with Crippen LogP contribution < -0.4 is 5.32 Å². The topological polar surface area (TPSA) is 66.5 Å². The third-order valence-corrected chi connectivity index (χ3v) is 3.90. The summed E-state index contributed by atoms with van der Waals surface area (Å²) < 4.78 is 11.2. The Morgan fingerprint density at radius 2 is 2.00 bits per heavy atom. The molecule has 0 aromatic heterocycles. The molecule has 0 bridgehead atoms. The van der Waals surface area contributed by atoms with Crippen LogP contribution >= 0.6 is 0 Å². The highest BCUT2D eigenvalue weighted by Crippen LogP contribution is 2.20.